The summed E-state index contributed by atoms with van der Waals surface area (Å²) in [6.45, 7) is 0. The molecular weight excluding hydrogens is 140 g/mol. The number of hydrogen-bond acceptors (Lipinski definition) is 2. The Kier molecular flexibility index (Phi) is 2.49. The van der Waals surface area contributed by atoms with Crippen LogP contribution >= 0.6 is 0 Å². The van der Waals surface area contributed by atoms with E-state index in [-0.39, 0.29) is 5.84 Å². The third kappa shape index (κ3) is 2.29. The molecule has 0 fully saturated rings. The first-order valence-electron chi connectivity index (χ1n) is 3.31. The summed E-state index contributed by atoms with van der Waals surface area (Å²) in [4.78, 5) is 0. The van der Waals surface area contributed by atoms with Crippen LogP contribution in [0.15, 0.2) is 35.5 Å². The van der Waals surface area contributed by atoms with Crippen molar-refractivity contribution in [2.75, 3.05) is 0 Å². The molecule has 58 valence electrons. The molecule has 2 N–H and O–H groups in total. The van der Waals surface area contributed by atoms with E-state index < -0.39 is 0 Å². The Balaban J connectivity index is 2.65. The molecule has 0 aromatic heterocycles. The van der Waals surface area contributed by atoms with Crippen molar-refractivity contribution in [3.63, 3.8) is 0 Å². The molecule has 1 aromatic rings. The predicted molar refractivity (Wildman–Crippen MR) is 45.1 cm³/mol. The highest BCUT2D eigenvalue weighted by atomic mass is 16.4. The van der Waals surface area contributed by atoms with Gasteiger partial charge in [-0.1, -0.05) is 30.3 Å². The summed E-state index contributed by atoms with van der Waals surface area (Å²) in [5.74, 6) is 0.121. The fourth-order valence-corrected chi connectivity index (χ4v) is 0.837. The van der Waals surface area contributed by atoms with Gasteiger partial charge in [-0.25, -0.2) is 0 Å². The molecule has 0 aliphatic carbocycles. The predicted octanol–water partition coefficient (Wildman–Crippen LogP) is 1.08. The topological polar surface area (TPSA) is 61.4 Å². The fourth-order valence-electron chi connectivity index (χ4n) is 0.837. The fraction of sp³-hybridized carbons (Fsp3) is 0.125. The largest absolute Gasteiger partial charge is 0.791 e. The molecule has 0 saturated carbocycles. The number of nitrogens with zero attached hydrogens (tertiary/aromatic N) is 1. The van der Waals surface area contributed by atoms with Crippen LogP contribution in [0.4, 0.5) is 0 Å². The van der Waals surface area contributed by atoms with Gasteiger partial charge in [0.2, 0.25) is 0 Å². The van der Waals surface area contributed by atoms with Crippen molar-refractivity contribution >= 4 is 5.84 Å². The van der Waals surface area contributed by atoms with Crippen LogP contribution in [0.1, 0.15) is 5.56 Å². The molecular formula is C8H9N2O-. The molecule has 0 aliphatic heterocycles. The summed E-state index contributed by atoms with van der Waals surface area (Å²) in [7, 11) is 0. The third-order valence-electron chi connectivity index (χ3n) is 1.35. The zero-order valence-corrected chi connectivity index (χ0v) is 6.03. The Morgan fingerprint density at radius 3 is 2.55 bits per heavy atom. The van der Waals surface area contributed by atoms with Crippen molar-refractivity contribution in [1.29, 1.82) is 0 Å². The summed E-state index contributed by atoms with van der Waals surface area (Å²) >= 11 is 0. The molecule has 0 amide bonds. The van der Waals surface area contributed by atoms with Crippen LogP contribution in [0.2, 0.25) is 0 Å². The average Bonchev–Trinajstić information content (AvgIpc) is 2.06. The number of nitrogens with two attached hydrogens (primary N) is 1. The smallest absolute Gasteiger partial charge is 0.0933 e. The molecule has 0 heterocycles. The Labute approximate surface area is 65.1 Å². The molecule has 1 aromatic carbocycles. The molecule has 0 unspecified atom stereocenters. The van der Waals surface area contributed by atoms with Gasteiger partial charge in [0.15, 0.2) is 0 Å². The molecule has 1 rings (SSSR count). The summed E-state index contributed by atoms with van der Waals surface area (Å²) in [5, 5.41) is 12.5. The zero-order chi connectivity index (χ0) is 8.10. The molecule has 0 bridgehead atoms. The van der Waals surface area contributed by atoms with Crippen molar-refractivity contribution in [1.82, 2.24) is 0 Å². The van der Waals surface area contributed by atoms with Crippen molar-refractivity contribution in [3.05, 3.63) is 41.1 Å². The van der Waals surface area contributed by atoms with Crippen LogP contribution in [0.25, 0.3) is 0 Å². The molecule has 0 spiro atoms. The lowest BCUT2D eigenvalue weighted by atomic mass is 10.1. The van der Waals surface area contributed by atoms with Crippen molar-refractivity contribution in [3.8, 4) is 0 Å². The van der Waals surface area contributed by atoms with Gasteiger partial charge < -0.3 is 16.1 Å². The Bertz CT molecular complexity index is 244. The van der Waals surface area contributed by atoms with E-state index in [9.17, 15) is 5.21 Å². The highest BCUT2D eigenvalue weighted by Crippen LogP contribution is 1.98. The highest BCUT2D eigenvalue weighted by molar-refractivity contribution is 5.82. The van der Waals surface area contributed by atoms with E-state index in [0.29, 0.717) is 6.42 Å². The van der Waals surface area contributed by atoms with Crippen LogP contribution < -0.4 is 5.73 Å². The van der Waals surface area contributed by atoms with E-state index in [1.807, 2.05) is 30.3 Å². The Hall–Kier alpha value is -1.51. The summed E-state index contributed by atoms with van der Waals surface area (Å²) in [6, 6.07) is 9.50. The van der Waals surface area contributed by atoms with Gasteiger partial charge in [0, 0.05) is 6.42 Å². The van der Waals surface area contributed by atoms with Crippen molar-refractivity contribution < 1.29 is 0 Å². The second kappa shape index (κ2) is 3.61. The minimum Gasteiger partial charge on any atom is -0.791 e. The van der Waals surface area contributed by atoms with Gasteiger partial charge in [0.1, 0.15) is 0 Å². The molecule has 3 nitrogen and oxygen atoms in total. The van der Waals surface area contributed by atoms with E-state index in [1.54, 1.807) is 0 Å². The molecule has 3 heteroatoms. The minimum atomic E-state index is 0.121. The van der Waals surface area contributed by atoms with E-state index in [1.165, 1.54) is 0 Å². The van der Waals surface area contributed by atoms with Gasteiger partial charge in [-0.15, -0.1) is 0 Å². The average molecular weight is 149 g/mol. The molecule has 0 radical (unpaired) electrons. The van der Waals surface area contributed by atoms with Gasteiger partial charge >= 0.3 is 0 Å². The van der Waals surface area contributed by atoms with Crippen molar-refractivity contribution in [2.24, 2.45) is 10.9 Å². The zero-order valence-electron chi connectivity index (χ0n) is 6.03. The van der Waals surface area contributed by atoms with Gasteiger partial charge in [0.05, 0.1) is 5.84 Å². The second-order valence-corrected chi connectivity index (χ2v) is 2.24. The maximum absolute atomic E-state index is 9.90. The Morgan fingerprint density at radius 2 is 2.00 bits per heavy atom. The first-order chi connectivity index (χ1) is 5.33. The Morgan fingerprint density at radius 1 is 1.36 bits per heavy atom. The monoisotopic (exact) mass is 149 g/mol. The van der Waals surface area contributed by atoms with Crippen LogP contribution in [-0.2, 0) is 6.42 Å². The summed E-state index contributed by atoms with van der Waals surface area (Å²) in [6.07, 6.45) is 0.435. The second-order valence-electron chi connectivity index (χ2n) is 2.24. The van der Waals surface area contributed by atoms with E-state index in [0.717, 1.165) is 5.56 Å². The number of rotatable bonds is 2. The molecule has 0 atom stereocenters. The lowest BCUT2D eigenvalue weighted by molar-refractivity contribution is 1.27. The van der Waals surface area contributed by atoms with E-state index >= 15 is 0 Å². The number of hydrogen-bond donors (Lipinski definition) is 1. The minimum absolute atomic E-state index is 0.121. The van der Waals surface area contributed by atoms with Gasteiger partial charge in [-0.2, -0.15) is 0 Å². The summed E-state index contributed by atoms with van der Waals surface area (Å²) < 4.78 is 0. The van der Waals surface area contributed by atoms with Crippen LogP contribution in [0.5, 0.6) is 0 Å². The first kappa shape index (κ1) is 7.60. The lowest BCUT2D eigenvalue weighted by Gasteiger charge is -2.01. The van der Waals surface area contributed by atoms with Gasteiger partial charge in [0.25, 0.3) is 0 Å². The first-order valence-corrected chi connectivity index (χ1v) is 3.31. The van der Waals surface area contributed by atoms with Gasteiger partial charge in [-0.05, 0) is 5.56 Å². The van der Waals surface area contributed by atoms with Crippen LogP contribution in [0, 0.1) is 5.21 Å². The van der Waals surface area contributed by atoms with Crippen molar-refractivity contribution in [2.45, 2.75) is 6.42 Å². The molecule has 0 aliphatic rings. The van der Waals surface area contributed by atoms with Crippen LogP contribution in [-0.4, -0.2) is 5.84 Å². The van der Waals surface area contributed by atoms with E-state index in [4.69, 9.17) is 5.73 Å². The molecule has 11 heavy (non-hydrogen) atoms. The van der Waals surface area contributed by atoms with Crippen LogP contribution in [0.3, 0.4) is 0 Å². The maximum Gasteiger partial charge on any atom is 0.0933 e. The summed E-state index contributed by atoms with van der Waals surface area (Å²) in [5.41, 5.74) is 6.25. The SMILES string of the molecule is N/C(Cc1ccccc1)=N\[O-]. The third-order valence-corrected chi connectivity index (χ3v) is 1.35. The quantitative estimate of drug-likeness (QED) is 0.388. The number of amidine groups is 1. The van der Waals surface area contributed by atoms with Gasteiger partial charge in [-0.3, -0.25) is 0 Å². The maximum atomic E-state index is 9.90. The lowest BCUT2D eigenvalue weighted by Crippen LogP contribution is -2.13. The molecule has 0 saturated heterocycles. The highest BCUT2D eigenvalue weighted by Gasteiger charge is 1.91. The van der Waals surface area contributed by atoms with E-state index in [2.05, 4.69) is 5.16 Å². The normalized spacial score (nSPS) is 11.5. The standard InChI is InChI=1S/C8H10N2O/c9-8(10-11)6-7-4-2-1-3-5-7/h1-5,11H,6H2,(H2,9,10)/p-1. The number of benzene rings is 1.